The molecule has 1 heterocycles. The van der Waals surface area contributed by atoms with Crippen LogP contribution in [0, 0.1) is 0 Å². The summed E-state index contributed by atoms with van der Waals surface area (Å²) in [6.45, 7) is 5.66. The first-order chi connectivity index (χ1) is 9.17. The van der Waals surface area contributed by atoms with Crippen molar-refractivity contribution in [2.75, 3.05) is 19.0 Å². The molecule has 6 nitrogen and oxygen atoms in total. The number of nitrogens with zero attached hydrogens (tertiary/aromatic N) is 2. The van der Waals surface area contributed by atoms with Gasteiger partial charge in [0.15, 0.2) is 12.4 Å². The van der Waals surface area contributed by atoms with E-state index in [9.17, 15) is 9.59 Å². The zero-order valence-electron chi connectivity index (χ0n) is 12.7. The van der Waals surface area contributed by atoms with Crippen LogP contribution in [0.25, 0.3) is 0 Å². The number of urea groups is 1. The van der Waals surface area contributed by atoms with E-state index >= 15 is 0 Å². The van der Waals surface area contributed by atoms with Gasteiger partial charge in [-0.15, -0.1) is 0 Å². The summed E-state index contributed by atoms with van der Waals surface area (Å²) >= 11 is 0. The van der Waals surface area contributed by atoms with E-state index in [0.29, 0.717) is 0 Å². The molecular formula is C14H23N4O2+. The van der Waals surface area contributed by atoms with Gasteiger partial charge in [0.25, 0.3) is 5.91 Å². The van der Waals surface area contributed by atoms with E-state index in [1.54, 1.807) is 17.0 Å². The van der Waals surface area contributed by atoms with Gasteiger partial charge in [-0.1, -0.05) is 0 Å². The third-order valence-electron chi connectivity index (χ3n) is 2.46. The summed E-state index contributed by atoms with van der Waals surface area (Å²) in [5.41, 5.74) is 0.678. The van der Waals surface area contributed by atoms with Gasteiger partial charge >= 0.3 is 6.03 Å². The number of carbonyl (C=O) groups excluding carboxylic acids is 2. The summed E-state index contributed by atoms with van der Waals surface area (Å²) in [7, 11) is 3.90. The maximum atomic E-state index is 11.7. The lowest BCUT2D eigenvalue weighted by molar-refractivity contribution is -0.684. The Bertz CT molecular complexity index is 475. The molecule has 6 heteroatoms. The molecule has 0 atom stereocenters. The van der Waals surface area contributed by atoms with Crippen LogP contribution >= 0.6 is 0 Å². The van der Waals surface area contributed by atoms with Crippen LogP contribution in [0.4, 0.5) is 10.5 Å². The molecule has 0 aliphatic rings. The molecule has 1 aromatic heterocycles. The summed E-state index contributed by atoms with van der Waals surface area (Å²) in [5, 5.41) is 4.98. The second-order valence-electron chi connectivity index (χ2n) is 5.88. The first-order valence-electron chi connectivity index (χ1n) is 6.46. The SMILES string of the molecule is CN(C)c1cc[n+](CC(=O)NC(=O)NC(C)(C)C)cc1. The van der Waals surface area contributed by atoms with Gasteiger partial charge < -0.3 is 10.2 Å². The van der Waals surface area contributed by atoms with Gasteiger partial charge in [-0.25, -0.2) is 4.79 Å². The molecule has 3 amide bonds. The van der Waals surface area contributed by atoms with Crippen LogP contribution in [-0.4, -0.2) is 31.6 Å². The predicted octanol–water partition coefficient (Wildman–Crippen LogP) is 0.664. The Balaban J connectivity index is 2.52. The van der Waals surface area contributed by atoms with Gasteiger partial charge in [0.1, 0.15) is 0 Å². The topological polar surface area (TPSA) is 65.3 Å². The normalized spacial score (nSPS) is 10.8. The van der Waals surface area contributed by atoms with Gasteiger partial charge in [0.05, 0.1) is 0 Å². The average molecular weight is 279 g/mol. The van der Waals surface area contributed by atoms with Crippen molar-refractivity contribution >= 4 is 17.6 Å². The highest BCUT2D eigenvalue weighted by Gasteiger charge is 2.17. The van der Waals surface area contributed by atoms with E-state index in [4.69, 9.17) is 0 Å². The van der Waals surface area contributed by atoms with Crippen LogP contribution in [0.15, 0.2) is 24.5 Å². The number of amides is 3. The highest BCUT2D eigenvalue weighted by Crippen LogP contribution is 2.05. The van der Waals surface area contributed by atoms with Crippen molar-refractivity contribution in [2.24, 2.45) is 0 Å². The van der Waals surface area contributed by atoms with Crippen LogP contribution in [0.2, 0.25) is 0 Å². The first kappa shape index (κ1) is 15.9. The Morgan fingerprint density at radius 1 is 1.20 bits per heavy atom. The van der Waals surface area contributed by atoms with E-state index in [2.05, 4.69) is 10.6 Å². The number of nitrogens with one attached hydrogen (secondary N) is 2. The zero-order valence-corrected chi connectivity index (χ0v) is 12.7. The quantitative estimate of drug-likeness (QED) is 0.799. The molecule has 110 valence electrons. The van der Waals surface area contributed by atoms with Crippen LogP contribution in [0.1, 0.15) is 20.8 Å². The molecule has 0 radical (unpaired) electrons. The Labute approximate surface area is 119 Å². The van der Waals surface area contributed by atoms with Crippen molar-refractivity contribution in [2.45, 2.75) is 32.9 Å². The fourth-order valence-electron chi connectivity index (χ4n) is 1.56. The molecule has 0 aliphatic heterocycles. The van der Waals surface area contributed by atoms with Crippen LogP contribution in [-0.2, 0) is 11.3 Å². The molecule has 1 rings (SSSR count). The highest BCUT2D eigenvalue weighted by molar-refractivity contribution is 5.93. The van der Waals surface area contributed by atoms with Gasteiger partial charge in [-0.3, -0.25) is 10.1 Å². The number of rotatable bonds is 3. The molecule has 20 heavy (non-hydrogen) atoms. The number of pyridine rings is 1. The fourth-order valence-corrected chi connectivity index (χ4v) is 1.56. The molecule has 0 aliphatic carbocycles. The molecule has 1 aromatic rings. The van der Waals surface area contributed by atoms with Gasteiger partial charge in [-0.2, -0.15) is 4.57 Å². The molecule has 0 spiro atoms. The minimum absolute atomic E-state index is 0.102. The molecular weight excluding hydrogens is 256 g/mol. The number of imide groups is 1. The lowest BCUT2D eigenvalue weighted by atomic mass is 10.1. The second kappa shape index (κ2) is 6.36. The molecule has 0 fully saturated rings. The number of hydrogen-bond acceptors (Lipinski definition) is 3. The smallest absolute Gasteiger partial charge is 0.322 e. The fraction of sp³-hybridized carbons (Fsp3) is 0.500. The molecule has 0 bridgehead atoms. The van der Waals surface area contributed by atoms with Gasteiger partial charge in [-0.05, 0) is 20.8 Å². The van der Waals surface area contributed by atoms with E-state index in [-0.39, 0.29) is 18.0 Å². The van der Waals surface area contributed by atoms with Crippen molar-refractivity contribution in [1.29, 1.82) is 0 Å². The highest BCUT2D eigenvalue weighted by atomic mass is 16.2. The van der Waals surface area contributed by atoms with Crippen molar-refractivity contribution in [3.63, 3.8) is 0 Å². The first-order valence-corrected chi connectivity index (χ1v) is 6.46. The number of carbonyl (C=O) groups is 2. The van der Waals surface area contributed by atoms with Crippen LogP contribution < -0.4 is 20.1 Å². The maximum Gasteiger partial charge on any atom is 0.322 e. The predicted molar refractivity (Wildman–Crippen MR) is 77.4 cm³/mol. The van der Waals surface area contributed by atoms with Crippen LogP contribution in [0.3, 0.4) is 0 Å². The minimum atomic E-state index is -0.479. The minimum Gasteiger partial charge on any atom is -0.377 e. The monoisotopic (exact) mass is 279 g/mol. The lowest BCUT2D eigenvalue weighted by Crippen LogP contribution is -2.51. The summed E-state index contributed by atoms with van der Waals surface area (Å²) < 4.78 is 1.71. The standard InChI is InChI=1S/C14H22N4O2/c1-14(2,3)16-13(20)15-12(19)10-18-8-6-11(7-9-18)17(4)5/h6-9H,10H2,1-5H3,(H-,15,16,19,20)/p+1. The Hall–Kier alpha value is -2.11. The molecule has 0 aromatic carbocycles. The molecule has 0 unspecified atom stereocenters. The number of anilines is 1. The summed E-state index contributed by atoms with van der Waals surface area (Å²) in [4.78, 5) is 25.2. The summed E-state index contributed by atoms with van der Waals surface area (Å²) in [6, 6.07) is 3.33. The van der Waals surface area contributed by atoms with Crippen molar-refractivity contribution < 1.29 is 14.2 Å². The summed E-state index contributed by atoms with van der Waals surface area (Å²) in [6.07, 6.45) is 3.60. The molecule has 2 N–H and O–H groups in total. The third kappa shape index (κ3) is 5.69. The number of aromatic nitrogens is 1. The Morgan fingerprint density at radius 3 is 2.20 bits per heavy atom. The summed E-state index contributed by atoms with van der Waals surface area (Å²) in [5.74, 6) is -0.352. The maximum absolute atomic E-state index is 11.7. The Kier molecular flexibility index (Phi) is 5.07. The van der Waals surface area contributed by atoms with Crippen molar-refractivity contribution in [1.82, 2.24) is 10.6 Å². The van der Waals surface area contributed by atoms with E-state index in [1.807, 2.05) is 51.9 Å². The Morgan fingerprint density at radius 2 is 1.75 bits per heavy atom. The van der Waals surface area contributed by atoms with Gasteiger partial charge in [0, 0.05) is 37.5 Å². The van der Waals surface area contributed by atoms with E-state index in [1.165, 1.54) is 0 Å². The number of hydrogen-bond donors (Lipinski definition) is 2. The largest absolute Gasteiger partial charge is 0.377 e. The molecule has 0 saturated heterocycles. The lowest BCUT2D eigenvalue weighted by Gasteiger charge is -2.19. The zero-order chi connectivity index (χ0) is 15.3. The molecule has 0 saturated carbocycles. The van der Waals surface area contributed by atoms with Crippen molar-refractivity contribution in [3.8, 4) is 0 Å². The van der Waals surface area contributed by atoms with E-state index in [0.717, 1.165) is 5.69 Å². The van der Waals surface area contributed by atoms with Gasteiger partial charge in [0.2, 0.25) is 6.54 Å². The third-order valence-corrected chi connectivity index (χ3v) is 2.46. The second-order valence-corrected chi connectivity index (χ2v) is 5.88. The van der Waals surface area contributed by atoms with Crippen LogP contribution in [0.5, 0.6) is 0 Å². The van der Waals surface area contributed by atoms with Crippen molar-refractivity contribution in [3.05, 3.63) is 24.5 Å². The van der Waals surface area contributed by atoms with E-state index < -0.39 is 6.03 Å². The average Bonchev–Trinajstić information content (AvgIpc) is 2.26.